The van der Waals surface area contributed by atoms with Crippen LogP contribution in [0.3, 0.4) is 0 Å². The van der Waals surface area contributed by atoms with E-state index in [0.29, 0.717) is 48.5 Å². The van der Waals surface area contributed by atoms with E-state index in [1.165, 1.54) is 7.11 Å². The molecule has 6 nitrogen and oxygen atoms in total. The molecule has 0 radical (unpaired) electrons. The Morgan fingerprint density at radius 1 is 1.16 bits per heavy atom. The maximum atomic E-state index is 12.8. The average molecular weight is 491 g/mol. The van der Waals surface area contributed by atoms with Gasteiger partial charge in [-0.1, -0.05) is 23.2 Å². The van der Waals surface area contributed by atoms with Gasteiger partial charge in [0, 0.05) is 43.5 Å². The highest BCUT2D eigenvalue weighted by Gasteiger charge is 2.33. The third-order valence-corrected chi connectivity index (χ3v) is 6.11. The number of methoxy groups -OCH3 is 1. The molecule has 2 heterocycles. The molecule has 1 aromatic heterocycles. The van der Waals surface area contributed by atoms with E-state index in [1.807, 2.05) is 16.7 Å². The van der Waals surface area contributed by atoms with Gasteiger partial charge in [0.15, 0.2) is 0 Å². The molecule has 1 amide bonds. The first-order valence-electron chi connectivity index (χ1n) is 9.88. The summed E-state index contributed by atoms with van der Waals surface area (Å²) in [5, 5.41) is 3.37. The predicted octanol–water partition coefficient (Wildman–Crippen LogP) is 4.87. The van der Waals surface area contributed by atoms with Crippen LogP contribution in [0, 0.1) is 6.92 Å². The van der Waals surface area contributed by atoms with Crippen molar-refractivity contribution in [3.63, 3.8) is 0 Å². The summed E-state index contributed by atoms with van der Waals surface area (Å²) in [7, 11) is 1.50. The molecule has 11 heteroatoms. The number of hydrogen-bond donors (Lipinski definition) is 1. The Hall–Kier alpha value is -2.23. The number of carbonyl (C=O) groups is 1. The first-order valence-corrected chi connectivity index (χ1v) is 10.6. The highest BCUT2D eigenvalue weighted by molar-refractivity contribution is 6.33. The number of anilines is 2. The molecule has 0 bridgehead atoms. The van der Waals surface area contributed by atoms with Gasteiger partial charge in [0.2, 0.25) is 5.91 Å². The lowest BCUT2D eigenvalue weighted by molar-refractivity contribution is -0.137. The minimum atomic E-state index is -4.50. The second-order valence-electron chi connectivity index (χ2n) is 7.52. The van der Waals surface area contributed by atoms with Crippen molar-refractivity contribution in [2.75, 3.05) is 43.5 Å². The van der Waals surface area contributed by atoms with E-state index in [1.54, 1.807) is 19.1 Å². The zero-order valence-corrected chi connectivity index (χ0v) is 19.3. The van der Waals surface area contributed by atoms with Gasteiger partial charge in [0.1, 0.15) is 11.6 Å². The molecule has 1 saturated heterocycles. The van der Waals surface area contributed by atoms with Gasteiger partial charge in [-0.25, -0.2) is 4.98 Å². The van der Waals surface area contributed by atoms with Gasteiger partial charge in [-0.05, 0) is 31.5 Å². The van der Waals surface area contributed by atoms with Gasteiger partial charge in [-0.15, -0.1) is 0 Å². The maximum absolute atomic E-state index is 12.8. The predicted molar refractivity (Wildman–Crippen MR) is 119 cm³/mol. The lowest BCUT2D eigenvalue weighted by Crippen LogP contribution is -2.53. The monoisotopic (exact) mass is 490 g/mol. The quantitative estimate of drug-likeness (QED) is 0.647. The molecule has 32 heavy (non-hydrogen) atoms. The smallest absolute Gasteiger partial charge is 0.417 e. The maximum Gasteiger partial charge on any atom is 0.417 e. The summed E-state index contributed by atoms with van der Waals surface area (Å²) in [6, 6.07) is 3.85. The Balaban J connectivity index is 1.63. The largest absolute Gasteiger partial charge is 0.495 e. The van der Waals surface area contributed by atoms with Crippen LogP contribution in [0.2, 0.25) is 10.0 Å². The second kappa shape index (κ2) is 9.72. The number of benzene rings is 1. The molecule has 1 N–H and O–H groups in total. The van der Waals surface area contributed by atoms with E-state index in [9.17, 15) is 18.0 Å². The van der Waals surface area contributed by atoms with E-state index in [2.05, 4.69) is 10.3 Å². The number of alkyl halides is 3. The lowest BCUT2D eigenvalue weighted by Gasteiger charge is -2.38. The first-order chi connectivity index (χ1) is 15.0. The molecule has 1 aromatic carbocycles. The van der Waals surface area contributed by atoms with Crippen LogP contribution in [0.15, 0.2) is 24.4 Å². The Labute approximate surface area is 194 Å². The zero-order valence-electron chi connectivity index (χ0n) is 17.8. The highest BCUT2D eigenvalue weighted by atomic mass is 35.5. The molecule has 0 saturated carbocycles. The third-order valence-electron chi connectivity index (χ3n) is 5.43. The number of halogens is 5. The minimum Gasteiger partial charge on any atom is -0.495 e. The van der Waals surface area contributed by atoms with Crippen LogP contribution in [0.1, 0.15) is 18.1 Å². The number of nitrogens with zero attached hydrogens (tertiary/aromatic N) is 3. The molecule has 1 aliphatic rings. The number of rotatable bonds is 5. The molecular formula is C21H23Cl2F3N4O2. The Kier molecular flexibility index (Phi) is 7.42. The van der Waals surface area contributed by atoms with Crippen molar-refractivity contribution in [3.05, 3.63) is 45.6 Å². The van der Waals surface area contributed by atoms with Gasteiger partial charge in [-0.2, -0.15) is 13.2 Å². The second-order valence-corrected chi connectivity index (χ2v) is 8.33. The van der Waals surface area contributed by atoms with E-state index < -0.39 is 17.8 Å². The number of hydrogen-bond acceptors (Lipinski definition) is 5. The van der Waals surface area contributed by atoms with Crippen LogP contribution in [-0.4, -0.2) is 55.1 Å². The van der Waals surface area contributed by atoms with Crippen LogP contribution < -0.4 is 15.0 Å². The van der Waals surface area contributed by atoms with Crippen LogP contribution in [-0.2, 0) is 11.0 Å². The molecule has 1 unspecified atom stereocenters. The first kappa shape index (κ1) is 24.4. The molecule has 0 aliphatic carbocycles. The minimum absolute atomic E-state index is 0.0516. The third kappa shape index (κ3) is 5.39. The summed E-state index contributed by atoms with van der Waals surface area (Å²) in [6.07, 6.45) is -3.72. The van der Waals surface area contributed by atoms with Crippen molar-refractivity contribution < 1.29 is 22.7 Å². The van der Waals surface area contributed by atoms with Gasteiger partial charge < -0.3 is 15.0 Å². The topological polar surface area (TPSA) is 57.7 Å². The molecule has 0 spiro atoms. The zero-order chi connectivity index (χ0) is 23.6. The summed E-state index contributed by atoms with van der Waals surface area (Å²) in [5.74, 6) is 0.566. The summed E-state index contributed by atoms with van der Waals surface area (Å²) in [6.45, 7) is 5.61. The van der Waals surface area contributed by atoms with Gasteiger partial charge in [-0.3, -0.25) is 9.69 Å². The molecular weight excluding hydrogens is 468 g/mol. The van der Waals surface area contributed by atoms with Crippen molar-refractivity contribution in [2.45, 2.75) is 26.1 Å². The number of pyridine rings is 1. The fourth-order valence-electron chi connectivity index (χ4n) is 3.47. The number of nitrogens with one attached hydrogen (secondary N) is 1. The normalized spacial score (nSPS) is 16.1. The van der Waals surface area contributed by atoms with Gasteiger partial charge in [0.25, 0.3) is 0 Å². The number of ether oxygens (including phenoxy) is 1. The highest BCUT2D eigenvalue weighted by Crippen LogP contribution is 2.34. The average Bonchev–Trinajstić information content (AvgIpc) is 2.75. The van der Waals surface area contributed by atoms with Crippen molar-refractivity contribution in [3.8, 4) is 5.75 Å². The van der Waals surface area contributed by atoms with Crippen molar-refractivity contribution >= 4 is 40.6 Å². The summed E-state index contributed by atoms with van der Waals surface area (Å²) in [5.41, 5.74) is 0.457. The van der Waals surface area contributed by atoms with Gasteiger partial charge >= 0.3 is 6.18 Å². The Morgan fingerprint density at radius 2 is 1.81 bits per heavy atom. The number of carbonyl (C=O) groups excluding carboxylic acids is 1. The fourth-order valence-corrected chi connectivity index (χ4v) is 3.91. The van der Waals surface area contributed by atoms with Crippen molar-refractivity contribution in [1.29, 1.82) is 0 Å². The number of piperazine rings is 1. The van der Waals surface area contributed by atoms with Crippen molar-refractivity contribution in [2.24, 2.45) is 0 Å². The molecule has 3 rings (SSSR count). The van der Waals surface area contributed by atoms with E-state index in [-0.39, 0.29) is 10.9 Å². The van der Waals surface area contributed by atoms with Crippen molar-refractivity contribution in [1.82, 2.24) is 9.88 Å². The van der Waals surface area contributed by atoms with E-state index in [0.717, 1.165) is 17.8 Å². The summed E-state index contributed by atoms with van der Waals surface area (Å²) >= 11 is 12.2. The fraction of sp³-hybridized carbons (Fsp3) is 0.429. The number of aromatic nitrogens is 1. The Morgan fingerprint density at radius 3 is 2.38 bits per heavy atom. The molecule has 2 aromatic rings. The molecule has 1 atom stereocenters. The number of aryl methyl sites for hydroxylation is 1. The Bertz CT molecular complexity index is 996. The van der Waals surface area contributed by atoms with Gasteiger partial charge in [0.05, 0.1) is 29.4 Å². The van der Waals surface area contributed by atoms with Crippen LogP contribution in [0.25, 0.3) is 0 Å². The molecule has 1 fully saturated rings. The summed E-state index contributed by atoms with van der Waals surface area (Å²) in [4.78, 5) is 20.5. The standard InChI is InChI=1S/C21H23Cl2F3N4O2/c1-12-8-17(18(32-3)10-15(12)22)28-20(31)13(2)29-4-6-30(7-5-29)19-16(23)9-14(11-27-19)21(24,25)26/h8-11,13H,4-7H2,1-3H3,(H,28,31). The molecule has 174 valence electrons. The van der Waals surface area contributed by atoms with Crippen LogP contribution in [0.4, 0.5) is 24.7 Å². The summed E-state index contributed by atoms with van der Waals surface area (Å²) < 4.78 is 43.8. The SMILES string of the molecule is COc1cc(Cl)c(C)cc1NC(=O)C(C)N1CCN(c2ncc(C(F)(F)F)cc2Cl)CC1. The van der Waals surface area contributed by atoms with E-state index in [4.69, 9.17) is 27.9 Å². The van der Waals surface area contributed by atoms with Crippen LogP contribution >= 0.6 is 23.2 Å². The lowest BCUT2D eigenvalue weighted by atomic mass is 10.1. The molecule has 1 aliphatic heterocycles. The van der Waals surface area contributed by atoms with E-state index >= 15 is 0 Å². The van der Waals surface area contributed by atoms with Crippen LogP contribution in [0.5, 0.6) is 5.75 Å². The number of amides is 1.